The normalized spacial score (nSPS) is 15.4. The molecular weight excluding hydrogens is 267 g/mol. The summed E-state index contributed by atoms with van der Waals surface area (Å²) in [6.45, 7) is 5.33. The van der Waals surface area contributed by atoms with Crippen LogP contribution in [0.2, 0.25) is 0 Å². The number of aliphatic hydroxyl groups excluding tert-OH is 1. The summed E-state index contributed by atoms with van der Waals surface area (Å²) >= 11 is 0. The quantitative estimate of drug-likeness (QED) is 0.863. The third-order valence-electron chi connectivity index (χ3n) is 3.40. The topological polar surface area (TPSA) is 23.5 Å². The standard InChI is InChI=1S/C15H22F3NO/c1-4-11(2)9-19(3)10-14(20)12-6-5-7-13(8-12)15(16,17)18/h5-8,11,14,20H,4,9-10H2,1-3H3. The Hall–Kier alpha value is -1.07. The monoisotopic (exact) mass is 289 g/mol. The average molecular weight is 289 g/mol. The van der Waals surface area contributed by atoms with E-state index in [0.29, 0.717) is 18.0 Å². The number of nitrogens with zero attached hydrogens (tertiary/aromatic N) is 1. The molecule has 20 heavy (non-hydrogen) atoms. The molecule has 0 amide bonds. The molecule has 0 aliphatic carbocycles. The highest BCUT2D eigenvalue weighted by atomic mass is 19.4. The van der Waals surface area contributed by atoms with Crippen molar-refractivity contribution < 1.29 is 18.3 Å². The highest BCUT2D eigenvalue weighted by Crippen LogP contribution is 2.30. The molecule has 0 heterocycles. The maximum absolute atomic E-state index is 12.6. The van der Waals surface area contributed by atoms with Crippen molar-refractivity contribution in [2.75, 3.05) is 20.1 Å². The van der Waals surface area contributed by atoms with Gasteiger partial charge in [-0.15, -0.1) is 0 Å². The van der Waals surface area contributed by atoms with E-state index in [9.17, 15) is 18.3 Å². The molecule has 0 spiro atoms. The molecule has 0 saturated heterocycles. The summed E-state index contributed by atoms with van der Waals surface area (Å²) in [6.07, 6.45) is -4.26. The van der Waals surface area contributed by atoms with Crippen LogP contribution in [0.3, 0.4) is 0 Å². The maximum atomic E-state index is 12.6. The van der Waals surface area contributed by atoms with Crippen LogP contribution in [-0.4, -0.2) is 30.1 Å². The van der Waals surface area contributed by atoms with Crippen molar-refractivity contribution in [3.05, 3.63) is 35.4 Å². The highest BCUT2D eigenvalue weighted by molar-refractivity contribution is 5.27. The molecular formula is C15H22F3NO. The Kier molecular flexibility index (Phi) is 6.02. The number of likely N-dealkylation sites (N-methyl/N-ethyl adjacent to an activating group) is 1. The van der Waals surface area contributed by atoms with Crippen molar-refractivity contribution in [3.63, 3.8) is 0 Å². The Morgan fingerprint density at radius 3 is 2.45 bits per heavy atom. The van der Waals surface area contributed by atoms with E-state index in [4.69, 9.17) is 0 Å². The van der Waals surface area contributed by atoms with Crippen molar-refractivity contribution in [1.29, 1.82) is 0 Å². The molecule has 2 atom stereocenters. The fourth-order valence-corrected chi connectivity index (χ4v) is 2.06. The first-order chi connectivity index (χ1) is 9.24. The van der Waals surface area contributed by atoms with Gasteiger partial charge in [-0.3, -0.25) is 0 Å². The molecule has 0 saturated carbocycles. The first-order valence-corrected chi connectivity index (χ1v) is 6.77. The van der Waals surface area contributed by atoms with Gasteiger partial charge in [0.15, 0.2) is 0 Å². The van der Waals surface area contributed by atoms with Crippen LogP contribution in [0.5, 0.6) is 0 Å². The molecule has 1 N–H and O–H groups in total. The first-order valence-electron chi connectivity index (χ1n) is 6.77. The van der Waals surface area contributed by atoms with Crippen LogP contribution >= 0.6 is 0 Å². The number of halogens is 3. The second kappa shape index (κ2) is 7.09. The fraction of sp³-hybridized carbons (Fsp3) is 0.600. The molecule has 0 fully saturated rings. The first kappa shape index (κ1) is 17.0. The number of benzene rings is 1. The van der Waals surface area contributed by atoms with E-state index in [2.05, 4.69) is 13.8 Å². The lowest BCUT2D eigenvalue weighted by atomic mass is 10.0. The smallest absolute Gasteiger partial charge is 0.387 e. The molecule has 0 bridgehead atoms. The number of hydrogen-bond donors (Lipinski definition) is 1. The van der Waals surface area contributed by atoms with E-state index in [1.54, 1.807) is 0 Å². The molecule has 2 unspecified atom stereocenters. The van der Waals surface area contributed by atoms with Crippen LogP contribution in [0.4, 0.5) is 13.2 Å². The largest absolute Gasteiger partial charge is 0.416 e. The van der Waals surface area contributed by atoms with Crippen LogP contribution in [0.1, 0.15) is 37.5 Å². The van der Waals surface area contributed by atoms with Gasteiger partial charge in [0, 0.05) is 13.1 Å². The molecule has 1 aromatic rings. The summed E-state index contributed by atoms with van der Waals surface area (Å²) in [5, 5.41) is 10.1. The number of hydrogen-bond acceptors (Lipinski definition) is 2. The van der Waals surface area contributed by atoms with Gasteiger partial charge in [-0.2, -0.15) is 13.2 Å². The molecule has 1 aromatic carbocycles. The summed E-state index contributed by atoms with van der Waals surface area (Å²) in [4.78, 5) is 1.94. The van der Waals surface area contributed by atoms with Gasteiger partial charge >= 0.3 is 6.18 Å². The number of aliphatic hydroxyl groups is 1. The molecule has 2 nitrogen and oxygen atoms in total. The summed E-state index contributed by atoms with van der Waals surface area (Å²) < 4.78 is 37.9. The Morgan fingerprint density at radius 2 is 1.90 bits per heavy atom. The average Bonchev–Trinajstić information content (AvgIpc) is 2.37. The van der Waals surface area contributed by atoms with Crippen molar-refractivity contribution in [2.24, 2.45) is 5.92 Å². The van der Waals surface area contributed by atoms with Crippen molar-refractivity contribution in [1.82, 2.24) is 4.90 Å². The predicted octanol–water partition coefficient (Wildman–Crippen LogP) is 3.72. The Labute approximate surface area is 118 Å². The maximum Gasteiger partial charge on any atom is 0.416 e. The summed E-state index contributed by atoms with van der Waals surface area (Å²) in [5.41, 5.74) is -0.422. The zero-order valence-corrected chi connectivity index (χ0v) is 12.1. The fourth-order valence-electron chi connectivity index (χ4n) is 2.06. The van der Waals surface area contributed by atoms with Gasteiger partial charge in [-0.05, 0) is 30.7 Å². The lowest BCUT2D eigenvalue weighted by Crippen LogP contribution is -2.29. The molecule has 0 aliphatic heterocycles. The van der Waals surface area contributed by atoms with Gasteiger partial charge in [0.1, 0.15) is 0 Å². The van der Waals surface area contributed by atoms with Gasteiger partial charge in [0.25, 0.3) is 0 Å². The molecule has 0 aliphatic rings. The SMILES string of the molecule is CCC(C)CN(C)CC(O)c1cccc(C(F)(F)F)c1. The minimum atomic E-state index is -4.38. The van der Waals surface area contributed by atoms with E-state index in [0.717, 1.165) is 25.1 Å². The zero-order chi connectivity index (χ0) is 15.3. The number of rotatable bonds is 6. The molecule has 5 heteroatoms. The Bertz CT molecular complexity index is 420. The number of alkyl halides is 3. The predicted molar refractivity (Wildman–Crippen MR) is 73.4 cm³/mol. The third kappa shape index (κ3) is 5.13. The van der Waals surface area contributed by atoms with Gasteiger partial charge < -0.3 is 10.0 Å². The van der Waals surface area contributed by atoms with Crippen LogP contribution < -0.4 is 0 Å². The van der Waals surface area contributed by atoms with Gasteiger partial charge in [0.05, 0.1) is 11.7 Å². The van der Waals surface area contributed by atoms with E-state index in [1.165, 1.54) is 12.1 Å². The van der Waals surface area contributed by atoms with Crippen molar-refractivity contribution in [3.8, 4) is 0 Å². The van der Waals surface area contributed by atoms with E-state index >= 15 is 0 Å². The minimum Gasteiger partial charge on any atom is -0.387 e. The summed E-state index contributed by atoms with van der Waals surface area (Å²) in [6, 6.07) is 4.88. The Balaban J connectivity index is 2.70. The zero-order valence-electron chi connectivity index (χ0n) is 12.1. The van der Waals surface area contributed by atoms with E-state index < -0.39 is 17.8 Å². The van der Waals surface area contributed by atoms with Crippen molar-refractivity contribution in [2.45, 2.75) is 32.5 Å². The lowest BCUT2D eigenvalue weighted by Gasteiger charge is -2.23. The Morgan fingerprint density at radius 1 is 1.25 bits per heavy atom. The molecule has 114 valence electrons. The highest BCUT2D eigenvalue weighted by Gasteiger charge is 2.30. The van der Waals surface area contributed by atoms with Gasteiger partial charge in [-0.1, -0.05) is 32.4 Å². The van der Waals surface area contributed by atoms with Crippen LogP contribution in [-0.2, 0) is 6.18 Å². The molecule has 0 aromatic heterocycles. The van der Waals surface area contributed by atoms with Crippen LogP contribution in [0.15, 0.2) is 24.3 Å². The van der Waals surface area contributed by atoms with E-state index in [1.807, 2.05) is 11.9 Å². The summed E-state index contributed by atoms with van der Waals surface area (Å²) in [7, 11) is 1.86. The van der Waals surface area contributed by atoms with Crippen LogP contribution in [0.25, 0.3) is 0 Å². The van der Waals surface area contributed by atoms with Crippen molar-refractivity contribution >= 4 is 0 Å². The van der Waals surface area contributed by atoms with Crippen LogP contribution in [0, 0.1) is 5.92 Å². The third-order valence-corrected chi connectivity index (χ3v) is 3.40. The second-order valence-electron chi connectivity index (χ2n) is 5.37. The van der Waals surface area contributed by atoms with E-state index in [-0.39, 0.29) is 0 Å². The molecule has 1 rings (SSSR count). The van der Waals surface area contributed by atoms with Gasteiger partial charge in [-0.25, -0.2) is 0 Å². The second-order valence-corrected chi connectivity index (χ2v) is 5.37. The lowest BCUT2D eigenvalue weighted by molar-refractivity contribution is -0.137. The molecule has 0 radical (unpaired) electrons. The summed E-state index contributed by atoms with van der Waals surface area (Å²) in [5.74, 6) is 0.494. The minimum absolute atomic E-state index is 0.302. The van der Waals surface area contributed by atoms with Gasteiger partial charge in [0.2, 0.25) is 0 Å².